The van der Waals surface area contributed by atoms with Crippen LogP contribution in [0.25, 0.3) is 54.8 Å². The predicted octanol–water partition coefficient (Wildman–Crippen LogP) is 14.5. The van der Waals surface area contributed by atoms with Gasteiger partial charge in [-0.1, -0.05) is 186 Å². The highest BCUT2D eigenvalue weighted by molar-refractivity contribution is 6.30. The molecular formula is C51H57N. The van der Waals surface area contributed by atoms with Gasteiger partial charge in [0, 0.05) is 22.9 Å². The van der Waals surface area contributed by atoms with E-state index in [-0.39, 0.29) is 21.7 Å². The molecule has 0 spiro atoms. The van der Waals surface area contributed by atoms with E-state index in [0.717, 1.165) is 6.54 Å². The first-order valence-corrected chi connectivity index (χ1v) is 19.1. The van der Waals surface area contributed by atoms with Gasteiger partial charge in [-0.2, -0.15) is 0 Å². The van der Waals surface area contributed by atoms with Crippen molar-refractivity contribution in [3.8, 4) is 22.4 Å². The highest BCUT2D eigenvalue weighted by Gasteiger charge is 2.27. The summed E-state index contributed by atoms with van der Waals surface area (Å²) in [7, 11) is 0. The van der Waals surface area contributed by atoms with Crippen LogP contribution >= 0.6 is 0 Å². The Kier molecular flexibility index (Phi) is 8.60. The number of hydrogen-bond donors (Lipinski definition) is 0. The minimum absolute atomic E-state index is 0.0297. The van der Waals surface area contributed by atoms with Crippen LogP contribution in [0.15, 0.2) is 115 Å². The van der Waals surface area contributed by atoms with Crippen molar-refractivity contribution in [2.24, 2.45) is 0 Å². The summed E-state index contributed by atoms with van der Waals surface area (Å²) in [4.78, 5) is 0. The summed E-state index contributed by atoms with van der Waals surface area (Å²) in [6.07, 6.45) is 0. The van der Waals surface area contributed by atoms with Gasteiger partial charge in [0.15, 0.2) is 0 Å². The van der Waals surface area contributed by atoms with Crippen LogP contribution in [-0.2, 0) is 28.2 Å². The summed E-state index contributed by atoms with van der Waals surface area (Å²) >= 11 is 0. The van der Waals surface area contributed by atoms with Crippen LogP contribution in [0.4, 0.5) is 0 Å². The Hall–Kier alpha value is -4.62. The van der Waals surface area contributed by atoms with Crippen molar-refractivity contribution in [2.75, 3.05) is 0 Å². The molecule has 0 atom stereocenters. The van der Waals surface area contributed by atoms with Gasteiger partial charge in [-0.25, -0.2) is 0 Å². The Bertz CT molecular complexity index is 2410. The number of hydrogen-bond acceptors (Lipinski definition) is 0. The van der Waals surface area contributed by atoms with Crippen molar-refractivity contribution in [1.82, 2.24) is 4.57 Å². The molecule has 1 aromatic heterocycles. The second-order valence-corrected chi connectivity index (χ2v) is 19.2. The van der Waals surface area contributed by atoms with Gasteiger partial charge in [0.05, 0.1) is 11.2 Å². The Balaban J connectivity index is 1.72. The van der Waals surface area contributed by atoms with Gasteiger partial charge < -0.3 is 4.57 Å². The molecule has 0 N–H and O–H groups in total. The molecule has 7 aromatic rings. The summed E-state index contributed by atoms with van der Waals surface area (Å²) < 4.78 is 2.64. The Morgan fingerprint density at radius 3 is 1.31 bits per heavy atom. The Morgan fingerprint density at radius 1 is 0.404 bits per heavy atom. The van der Waals surface area contributed by atoms with Gasteiger partial charge in [0.1, 0.15) is 0 Å². The molecule has 0 unspecified atom stereocenters. The number of benzene rings is 6. The summed E-state index contributed by atoms with van der Waals surface area (Å²) in [6, 6.07) is 44.4. The van der Waals surface area contributed by atoms with Gasteiger partial charge in [-0.05, 0) is 88.9 Å². The first kappa shape index (κ1) is 35.8. The number of rotatable bonds is 4. The lowest BCUT2D eigenvalue weighted by Gasteiger charge is -2.23. The SMILES string of the molecule is CC(C)(C)c1ccc(-c2c(-c3ccc(C(C)(C)C)cc3)n(Cc3ccccc3)c3c4ccc(C(C)(C)C)cc4c4cc(C(C)(C)C)ccc4c23)cc1. The minimum Gasteiger partial charge on any atom is -0.335 e. The smallest absolute Gasteiger partial charge is 0.0581 e. The van der Waals surface area contributed by atoms with E-state index in [1.165, 1.54) is 82.6 Å². The third-order valence-electron chi connectivity index (χ3n) is 11.1. The zero-order chi connectivity index (χ0) is 37.4. The van der Waals surface area contributed by atoms with E-state index in [4.69, 9.17) is 0 Å². The second-order valence-electron chi connectivity index (χ2n) is 19.2. The molecule has 0 saturated carbocycles. The van der Waals surface area contributed by atoms with Crippen LogP contribution in [0, 0.1) is 0 Å². The predicted molar refractivity (Wildman–Crippen MR) is 228 cm³/mol. The van der Waals surface area contributed by atoms with Crippen molar-refractivity contribution < 1.29 is 0 Å². The summed E-state index contributed by atoms with van der Waals surface area (Å²) in [5.74, 6) is 0. The number of aromatic nitrogens is 1. The lowest BCUT2D eigenvalue weighted by molar-refractivity contribution is 0.590. The van der Waals surface area contributed by atoms with Crippen LogP contribution in [0.3, 0.4) is 0 Å². The van der Waals surface area contributed by atoms with Gasteiger partial charge in [-0.3, -0.25) is 0 Å². The normalized spacial score (nSPS) is 13.1. The fourth-order valence-electron chi connectivity index (χ4n) is 7.82. The zero-order valence-corrected chi connectivity index (χ0v) is 33.6. The maximum absolute atomic E-state index is 2.64. The van der Waals surface area contributed by atoms with Crippen molar-refractivity contribution in [2.45, 2.75) is 111 Å². The fraction of sp³-hybridized carbons (Fsp3) is 0.333. The van der Waals surface area contributed by atoms with Crippen molar-refractivity contribution in [1.29, 1.82) is 0 Å². The highest BCUT2D eigenvalue weighted by atomic mass is 15.0. The molecule has 0 aliphatic heterocycles. The van der Waals surface area contributed by atoms with E-state index in [2.05, 4.69) is 203 Å². The molecule has 6 aromatic carbocycles. The zero-order valence-electron chi connectivity index (χ0n) is 33.6. The second kappa shape index (κ2) is 12.5. The van der Waals surface area contributed by atoms with E-state index in [9.17, 15) is 0 Å². The molecule has 0 aliphatic carbocycles. The molecule has 52 heavy (non-hydrogen) atoms. The van der Waals surface area contributed by atoms with E-state index in [0.29, 0.717) is 0 Å². The molecule has 0 bridgehead atoms. The van der Waals surface area contributed by atoms with Crippen molar-refractivity contribution in [3.63, 3.8) is 0 Å². The maximum atomic E-state index is 2.64. The van der Waals surface area contributed by atoms with Crippen molar-refractivity contribution in [3.05, 3.63) is 143 Å². The minimum atomic E-state index is 0.0297. The first-order chi connectivity index (χ1) is 24.3. The third-order valence-corrected chi connectivity index (χ3v) is 11.1. The number of fused-ring (bicyclic) bond motifs is 6. The summed E-state index contributed by atoms with van der Waals surface area (Å²) in [5, 5.41) is 6.62. The van der Waals surface area contributed by atoms with Gasteiger partial charge in [0.2, 0.25) is 0 Å². The average molecular weight is 684 g/mol. The first-order valence-electron chi connectivity index (χ1n) is 19.1. The molecule has 1 nitrogen and oxygen atoms in total. The molecule has 0 radical (unpaired) electrons. The van der Waals surface area contributed by atoms with E-state index >= 15 is 0 Å². The standard InChI is InChI=1S/C51H57N/c1-48(2,3)36-22-18-34(19-23-36)44-45-40-28-26-38(50(7,8)9)30-42(40)43-31-39(51(10,11)12)27-29-41(43)47(45)52(32-33-16-14-13-15-17-33)46(44)35-20-24-37(25-21-35)49(4,5)6/h13-31H,32H2,1-12H3. The highest BCUT2D eigenvalue weighted by Crippen LogP contribution is 2.49. The van der Waals surface area contributed by atoms with Gasteiger partial charge in [0.25, 0.3) is 0 Å². The third kappa shape index (κ3) is 6.49. The van der Waals surface area contributed by atoms with Gasteiger partial charge in [-0.15, -0.1) is 0 Å². The Labute approximate surface area is 312 Å². The molecule has 1 heteroatoms. The van der Waals surface area contributed by atoms with E-state index in [1.54, 1.807) is 0 Å². The molecule has 266 valence electrons. The molecule has 0 amide bonds. The quantitative estimate of drug-likeness (QED) is 0.163. The van der Waals surface area contributed by atoms with Crippen LogP contribution in [0.2, 0.25) is 0 Å². The lowest BCUT2D eigenvalue weighted by Crippen LogP contribution is -2.11. The van der Waals surface area contributed by atoms with Gasteiger partial charge >= 0.3 is 0 Å². The van der Waals surface area contributed by atoms with Crippen molar-refractivity contribution >= 4 is 32.4 Å². The largest absolute Gasteiger partial charge is 0.335 e. The van der Waals surface area contributed by atoms with Crippen LogP contribution in [0.5, 0.6) is 0 Å². The topological polar surface area (TPSA) is 4.93 Å². The summed E-state index contributed by atoms with van der Waals surface area (Å²) in [5.41, 5.74) is 13.3. The molecule has 1 heterocycles. The van der Waals surface area contributed by atoms with E-state index < -0.39 is 0 Å². The molecule has 7 rings (SSSR count). The lowest BCUT2D eigenvalue weighted by atomic mass is 9.82. The molecule has 0 aliphatic rings. The van der Waals surface area contributed by atoms with Crippen LogP contribution in [0.1, 0.15) is 111 Å². The monoisotopic (exact) mass is 683 g/mol. The number of nitrogens with zero attached hydrogens (tertiary/aromatic N) is 1. The molecule has 0 fully saturated rings. The fourth-order valence-corrected chi connectivity index (χ4v) is 7.82. The summed E-state index contributed by atoms with van der Waals surface area (Å²) in [6.45, 7) is 28.5. The van der Waals surface area contributed by atoms with Crippen LogP contribution in [-0.4, -0.2) is 4.57 Å². The maximum Gasteiger partial charge on any atom is 0.0581 e. The average Bonchev–Trinajstić information content (AvgIpc) is 3.41. The van der Waals surface area contributed by atoms with Crippen LogP contribution < -0.4 is 0 Å². The Morgan fingerprint density at radius 2 is 0.827 bits per heavy atom. The molecule has 0 saturated heterocycles. The van der Waals surface area contributed by atoms with E-state index in [1.807, 2.05) is 0 Å². The molecular weight excluding hydrogens is 627 g/mol.